The first-order valence-corrected chi connectivity index (χ1v) is 3.13. The van der Waals surface area contributed by atoms with Gasteiger partial charge in [0.2, 0.25) is 0 Å². The van der Waals surface area contributed by atoms with E-state index in [1.807, 2.05) is 6.92 Å². The van der Waals surface area contributed by atoms with E-state index in [-0.39, 0.29) is 0 Å². The van der Waals surface area contributed by atoms with Crippen molar-refractivity contribution in [3.05, 3.63) is 12.4 Å². The number of nitrogens with one attached hydrogen (secondary N) is 1. The summed E-state index contributed by atoms with van der Waals surface area (Å²) in [6, 6.07) is 0. The summed E-state index contributed by atoms with van der Waals surface area (Å²) in [5.74, 6) is 0. The average molecular weight is 140 g/mol. The average Bonchev–Trinajstić information content (AvgIpc) is 2.38. The van der Waals surface area contributed by atoms with E-state index in [1.54, 1.807) is 6.20 Å². The van der Waals surface area contributed by atoms with Gasteiger partial charge in [-0.1, -0.05) is 0 Å². The number of aromatic amines is 1. The van der Waals surface area contributed by atoms with Crippen molar-refractivity contribution >= 4 is 12.6 Å². The van der Waals surface area contributed by atoms with E-state index in [9.17, 15) is 0 Å². The molecule has 0 fully saturated rings. The Hall–Kier alpha value is -0.805. The van der Waals surface area contributed by atoms with Gasteiger partial charge >= 0.3 is 7.12 Å². The lowest BCUT2D eigenvalue weighted by molar-refractivity contribution is 0.287. The Morgan fingerprint density at radius 2 is 2.70 bits per heavy atom. The van der Waals surface area contributed by atoms with Crippen molar-refractivity contribution in [1.82, 2.24) is 10.2 Å². The SMILES string of the molecule is CCOB(O)c1cn[nH]c1. The molecule has 0 aliphatic heterocycles. The fourth-order valence-corrected chi connectivity index (χ4v) is 0.650. The van der Waals surface area contributed by atoms with Crippen LogP contribution in [0.2, 0.25) is 0 Å². The largest absolute Gasteiger partial charge is 0.494 e. The normalized spacial score (nSPS) is 9.80. The second-order valence-corrected chi connectivity index (χ2v) is 1.84. The second kappa shape index (κ2) is 3.38. The lowest BCUT2D eigenvalue weighted by atomic mass is 9.82. The van der Waals surface area contributed by atoms with Crippen LogP contribution in [0, 0.1) is 0 Å². The molecule has 0 saturated heterocycles. The lowest BCUT2D eigenvalue weighted by Gasteiger charge is -2.00. The summed E-state index contributed by atoms with van der Waals surface area (Å²) in [4.78, 5) is 0. The van der Waals surface area contributed by atoms with Crippen LogP contribution in [-0.4, -0.2) is 28.9 Å². The predicted molar refractivity (Wildman–Crippen MR) is 37.8 cm³/mol. The van der Waals surface area contributed by atoms with Gasteiger partial charge in [0.15, 0.2) is 0 Å². The number of aromatic nitrogens is 2. The van der Waals surface area contributed by atoms with Gasteiger partial charge in [-0.2, -0.15) is 5.10 Å². The zero-order valence-electron chi connectivity index (χ0n) is 5.74. The third-order valence-corrected chi connectivity index (χ3v) is 1.13. The van der Waals surface area contributed by atoms with Crippen molar-refractivity contribution in [2.75, 3.05) is 6.61 Å². The highest BCUT2D eigenvalue weighted by Crippen LogP contribution is 1.81. The minimum atomic E-state index is -0.844. The quantitative estimate of drug-likeness (QED) is 0.536. The summed E-state index contributed by atoms with van der Waals surface area (Å²) in [5, 5.41) is 15.4. The molecule has 1 aromatic rings. The Balaban J connectivity index is 2.50. The van der Waals surface area contributed by atoms with Gasteiger partial charge in [0.25, 0.3) is 0 Å². The molecule has 1 aromatic heterocycles. The minimum absolute atomic E-state index is 0.492. The van der Waals surface area contributed by atoms with Crippen LogP contribution in [0.1, 0.15) is 6.92 Å². The molecule has 0 saturated carbocycles. The van der Waals surface area contributed by atoms with Crippen LogP contribution in [0.3, 0.4) is 0 Å². The zero-order chi connectivity index (χ0) is 7.40. The van der Waals surface area contributed by atoms with Crippen molar-refractivity contribution in [3.8, 4) is 0 Å². The standard InChI is InChI=1S/C5H9BN2O2/c1-2-10-6(9)5-3-7-8-4-5/h3-4,9H,2H2,1H3,(H,7,8). The van der Waals surface area contributed by atoms with E-state index in [0.29, 0.717) is 12.1 Å². The molecule has 0 amide bonds. The van der Waals surface area contributed by atoms with Gasteiger partial charge in [-0.3, -0.25) is 5.10 Å². The van der Waals surface area contributed by atoms with E-state index in [0.717, 1.165) is 0 Å². The van der Waals surface area contributed by atoms with Crippen LogP contribution in [0.15, 0.2) is 12.4 Å². The molecule has 1 rings (SSSR count). The summed E-state index contributed by atoms with van der Waals surface area (Å²) in [7, 11) is -0.844. The molecular formula is C5H9BN2O2. The molecule has 0 spiro atoms. The summed E-state index contributed by atoms with van der Waals surface area (Å²) in [5.41, 5.74) is 0.654. The van der Waals surface area contributed by atoms with E-state index in [2.05, 4.69) is 10.2 Å². The van der Waals surface area contributed by atoms with Crippen molar-refractivity contribution in [3.63, 3.8) is 0 Å². The first kappa shape index (κ1) is 7.30. The fraction of sp³-hybridized carbons (Fsp3) is 0.400. The minimum Gasteiger partial charge on any atom is -0.423 e. The highest BCUT2D eigenvalue weighted by Gasteiger charge is 2.15. The molecule has 5 heteroatoms. The predicted octanol–water partition coefficient (Wildman–Crippen LogP) is -0.866. The Morgan fingerprint density at radius 1 is 1.90 bits per heavy atom. The molecule has 0 unspecified atom stereocenters. The molecule has 0 radical (unpaired) electrons. The topological polar surface area (TPSA) is 58.1 Å². The van der Waals surface area contributed by atoms with Crippen molar-refractivity contribution in [1.29, 1.82) is 0 Å². The third-order valence-electron chi connectivity index (χ3n) is 1.13. The summed E-state index contributed by atoms with van der Waals surface area (Å²) in [6.45, 7) is 2.32. The molecule has 2 N–H and O–H groups in total. The number of nitrogens with zero attached hydrogens (tertiary/aromatic N) is 1. The molecule has 10 heavy (non-hydrogen) atoms. The smallest absolute Gasteiger partial charge is 0.423 e. The number of hydrogen-bond acceptors (Lipinski definition) is 3. The number of H-pyrrole nitrogens is 1. The van der Waals surface area contributed by atoms with Crippen molar-refractivity contribution < 1.29 is 9.68 Å². The van der Waals surface area contributed by atoms with Crippen LogP contribution in [0.25, 0.3) is 0 Å². The molecular weight excluding hydrogens is 131 g/mol. The maximum Gasteiger partial charge on any atom is 0.494 e. The molecule has 0 aromatic carbocycles. The molecule has 4 nitrogen and oxygen atoms in total. The van der Waals surface area contributed by atoms with E-state index < -0.39 is 7.12 Å². The Morgan fingerprint density at radius 3 is 3.20 bits per heavy atom. The molecule has 54 valence electrons. The van der Waals surface area contributed by atoms with E-state index >= 15 is 0 Å². The summed E-state index contributed by atoms with van der Waals surface area (Å²) in [6.07, 6.45) is 3.13. The summed E-state index contributed by atoms with van der Waals surface area (Å²) >= 11 is 0. The first-order valence-electron chi connectivity index (χ1n) is 3.13. The Bertz CT molecular complexity index is 178. The maximum absolute atomic E-state index is 9.13. The molecule has 0 aliphatic carbocycles. The van der Waals surface area contributed by atoms with E-state index in [4.69, 9.17) is 9.68 Å². The molecule has 1 heterocycles. The van der Waals surface area contributed by atoms with Crippen molar-refractivity contribution in [2.45, 2.75) is 6.92 Å². The van der Waals surface area contributed by atoms with E-state index in [1.165, 1.54) is 6.20 Å². The van der Waals surface area contributed by atoms with Crippen LogP contribution >= 0.6 is 0 Å². The highest BCUT2D eigenvalue weighted by atomic mass is 16.5. The lowest BCUT2D eigenvalue weighted by Crippen LogP contribution is -2.32. The first-order chi connectivity index (χ1) is 4.84. The van der Waals surface area contributed by atoms with Gasteiger partial charge in [0, 0.05) is 24.5 Å². The number of rotatable bonds is 3. The molecule has 0 atom stereocenters. The summed E-state index contributed by atoms with van der Waals surface area (Å²) < 4.78 is 4.88. The van der Waals surface area contributed by atoms with Gasteiger partial charge in [-0.25, -0.2) is 0 Å². The highest BCUT2D eigenvalue weighted by molar-refractivity contribution is 6.59. The van der Waals surface area contributed by atoms with Crippen LogP contribution in [0.4, 0.5) is 0 Å². The fourth-order valence-electron chi connectivity index (χ4n) is 0.650. The van der Waals surface area contributed by atoms with Gasteiger partial charge in [-0.15, -0.1) is 0 Å². The van der Waals surface area contributed by atoms with Crippen molar-refractivity contribution in [2.24, 2.45) is 0 Å². The molecule has 0 bridgehead atoms. The Kier molecular flexibility index (Phi) is 2.47. The zero-order valence-corrected chi connectivity index (χ0v) is 5.74. The van der Waals surface area contributed by atoms with Gasteiger partial charge in [0.1, 0.15) is 0 Å². The van der Waals surface area contributed by atoms with Crippen LogP contribution in [0.5, 0.6) is 0 Å². The monoisotopic (exact) mass is 140 g/mol. The van der Waals surface area contributed by atoms with Gasteiger partial charge in [0.05, 0.1) is 0 Å². The van der Waals surface area contributed by atoms with Crippen LogP contribution < -0.4 is 5.46 Å². The van der Waals surface area contributed by atoms with Crippen LogP contribution in [-0.2, 0) is 4.65 Å². The maximum atomic E-state index is 9.13. The third kappa shape index (κ3) is 1.59. The Labute approximate surface area is 59.4 Å². The van der Waals surface area contributed by atoms with Gasteiger partial charge < -0.3 is 9.68 Å². The number of hydrogen-bond donors (Lipinski definition) is 2. The van der Waals surface area contributed by atoms with Gasteiger partial charge in [-0.05, 0) is 6.92 Å². The second-order valence-electron chi connectivity index (χ2n) is 1.84. The molecule has 0 aliphatic rings.